The summed E-state index contributed by atoms with van der Waals surface area (Å²) in [7, 11) is 2.20. The van der Waals surface area contributed by atoms with Gasteiger partial charge in [-0.05, 0) is 82.5 Å². The van der Waals surface area contributed by atoms with Crippen molar-refractivity contribution in [2.75, 3.05) is 0 Å². The summed E-state index contributed by atoms with van der Waals surface area (Å²) in [6.07, 6.45) is 3.34. The van der Waals surface area contributed by atoms with Gasteiger partial charge in [0.1, 0.15) is 7.05 Å². The van der Waals surface area contributed by atoms with Crippen LogP contribution in [0.4, 0.5) is 0 Å². The van der Waals surface area contributed by atoms with Gasteiger partial charge in [-0.2, -0.15) is 0 Å². The normalized spacial score (nSPS) is 13.1. The lowest BCUT2D eigenvalue weighted by Gasteiger charge is -2.25. The summed E-state index contributed by atoms with van der Waals surface area (Å²) in [5.41, 5.74) is 8.61. The van der Waals surface area contributed by atoms with Crippen LogP contribution < -0.4 is 4.57 Å². The van der Waals surface area contributed by atoms with Gasteiger partial charge in [0.25, 0.3) is 0 Å². The summed E-state index contributed by atoms with van der Waals surface area (Å²) in [5.74, 6) is 0. The number of benzene rings is 4. The van der Waals surface area contributed by atoms with Gasteiger partial charge >= 0.3 is 0 Å². The van der Waals surface area contributed by atoms with Crippen molar-refractivity contribution in [1.29, 1.82) is 0 Å². The molecule has 0 saturated carbocycles. The van der Waals surface area contributed by atoms with Crippen LogP contribution in [0.25, 0.3) is 43.6 Å². The Morgan fingerprint density at radius 1 is 0.824 bits per heavy atom. The van der Waals surface area contributed by atoms with Gasteiger partial charge in [-0.15, -0.1) is 0 Å². The molecule has 4 aromatic carbocycles. The van der Waals surface area contributed by atoms with E-state index in [0.29, 0.717) is 0 Å². The molecule has 34 heavy (non-hydrogen) atoms. The highest BCUT2D eigenvalue weighted by Crippen LogP contribution is 2.52. The van der Waals surface area contributed by atoms with E-state index in [9.17, 15) is 0 Å². The summed E-state index contributed by atoms with van der Waals surface area (Å²) in [6, 6.07) is 18.6. The Morgan fingerprint density at radius 3 is 2.38 bits per heavy atom. The van der Waals surface area contributed by atoms with E-state index < -0.39 is 0 Å². The predicted molar refractivity (Wildman–Crippen MR) is 147 cm³/mol. The quantitative estimate of drug-likeness (QED) is 0.175. The van der Waals surface area contributed by atoms with Crippen LogP contribution >= 0.6 is 11.8 Å². The van der Waals surface area contributed by atoms with Gasteiger partial charge < -0.3 is 0 Å². The first-order chi connectivity index (χ1) is 16.1. The third kappa shape index (κ3) is 3.11. The second kappa shape index (κ2) is 7.33. The van der Waals surface area contributed by atoms with E-state index in [0.717, 1.165) is 6.42 Å². The Labute approximate surface area is 206 Å². The summed E-state index contributed by atoms with van der Waals surface area (Å²) >= 11 is 1.96. The number of nitrogens with zero attached hydrogens (tertiary/aromatic N) is 1. The Hall–Kier alpha value is -2.84. The summed E-state index contributed by atoms with van der Waals surface area (Å²) < 4.78 is 2.34. The van der Waals surface area contributed by atoms with Crippen molar-refractivity contribution >= 4 is 44.1 Å². The first kappa shape index (κ1) is 21.7. The van der Waals surface area contributed by atoms with Crippen molar-refractivity contribution in [2.24, 2.45) is 12.5 Å². The van der Waals surface area contributed by atoms with E-state index in [-0.39, 0.29) is 5.41 Å². The monoisotopic (exact) mass is 462 g/mol. The molecule has 1 aromatic heterocycles. The van der Waals surface area contributed by atoms with Gasteiger partial charge in [0.05, 0.1) is 10.9 Å². The standard InChI is InChI=1S/C32H32NS/c1-18-9-8-10-23-19(2)28-30-29-24(13-14-33(30)7)25-15-21(17-32(4,5)6)11-12-22(25)16-26(29)34-31(28)20(3)27(18)23/h8-16H,17H2,1-7H3/q+1. The SMILES string of the molecule is Cc1c2c(c(C)c3c(C)cccc13)Sc1cc3ccc(CC(C)(C)C)cc3c3cc[n+](C)c-2c13. The fraction of sp³-hybridized carbons (Fsp3) is 0.281. The fourth-order valence-corrected chi connectivity index (χ4v) is 7.33. The van der Waals surface area contributed by atoms with Gasteiger partial charge in [-0.1, -0.05) is 68.9 Å². The number of pyridine rings is 1. The van der Waals surface area contributed by atoms with Crippen LogP contribution in [0.2, 0.25) is 0 Å². The van der Waals surface area contributed by atoms with Crippen LogP contribution in [0, 0.1) is 26.2 Å². The maximum Gasteiger partial charge on any atom is 0.222 e. The van der Waals surface area contributed by atoms with E-state index in [1.54, 1.807) is 0 Å². The molecule has 1 aliphatic rings. The molecule has 0 spiro atoms. The average molecular weight is 463 g/mol. The van der Waals surface area contributed by atoms with Crippen LogP contribution in [-0.4, -0.2) is 0 Å². The molecule has 6 rings (SSSR count). The first-order valence-electron chi connectivity index (χ1n) is 12.2. The van der Waals surface area contributed by atoms with Gasteiger partial charge in [-0.3, -0.25) is 0 Å². The molecule has 1 aliphatic heterocycles. The molecule has 0 atom stereocenters. The molecule has 0 radical (unpaired) electrons. The number of aryl methyl sites for hydroxylation is 4. The Kier molecular flexibility index (Phi) is 4.67. The maximum atomic E-state index is 2.44. The van der Waals surface area contributed by atoms with E-state index in [4.69, 9.17) is 0 Å². The molecule has 0 fully saturated rings. The van der Waals surface area contributed by atoms with Gasteiger partial charge in [0.15, 0.2) is 6.20 Å². The van der Waals surface area contributed by atoms with Crippen LogP contribution in [0.5, 0.6) is 0 Å². The van der Waals surface area contributed by atoms with Gasteiger partial charge in [-0.25, -0.2) is 4.57 Å². The molecular formula is C32H32NS+. The van der Waals surface area contributed by atoms with Crippen molar-refractivity contribution < 1.29 is 4.57 Å². The Bertz CT molecular complexity index is 1670. The lowest BCUT2D eigenvalue weighted by Crippen LogP contribution is -2.32. The average Bonchev–Trinajstić information content (AvgIpc) is 2.77. The molecule has 5 aromatic rings. The number of hydrogen-bond acceptors (Lipinski definition) is 1. The second-order valence-corrected chi connectivity index (χ2v) is 12.3. The summed E-state index contributed by atoms with van der Waals surface area (Å²) in [6.45, 7) is 13.8. The molecule has 2 heteroatoms. The topological polar surface area (TPSA) is 3.88 Å². The molecule has 1 nitrogen and oxygen atoms in total. The highest BCUT2D eigenvalue weighted by atomic mass is 32.2. The lowest BCUT2D eigenvalue weighted by molar-refractivity contribution is -0.659. The molecule has 0 saturated heterocycles. The molecule has 0 aliphatic carbocycles. The van der Waals surface area contributed by atoms with Crippen molar-refractivity contribution in [3.63, 3.8) is 0 Å². The fourth-order valence-electron chi connectivity index (χ4n) is 6.01. The smallest absolute Gasteiger partial charge is 0.200 e. The van der Waals surface area contributed by atoms with E-state index in [1.807, 2.05) is 11.8 Å². The highest BCUT2D eigenvalue weighted by molar-refractivity contribution is 8.00. The number of fused-ring (bicyclic) bond motifs is 5. The van der Waals surface area contributed by atoms with E-state index in [2.05, 4.69) is 108 Å². The van der Waals surface area contributed by atoms with Crippen LogP contribution in [0.1, 0.15) is 43.0 Å². The number of hydrogen-bond donors (Lipinski definition) is 0. The van der Waals surface area contributed by atoms with Crippen LogP contribution in [0.15, 0.2) is 64.5 Å². The molecule has 0 amide bonds. The first-order valence-corrected chi connectivity index (χ1v) is 13.0. The Balaban J connectivity index is 1.74. The number of aromatic nitrogens is 1. The van der Waals surface area contributed by atoms with Crippen LogP contribution in [-0.2, 0) is 13.5 Å². The zero-order valence-electron chi connectivity index (χ0n) is 21.3. The van der Waals surface area contributed by atoms with Gasteiger partial charge in [0, 0.05) is 21.2 Å². The second-order valence-electron chi connectivity index (χ2n) is 11.3. The third-order valence-corrected chi connectivity index (χ3v) is 8.70. The summed E-state index contributed by atoms with van der Waals surface area (Å²) in [4.78, 5) is 2.79. The minimum atomic E-state index is 0.273. The maximum absolute atomic E-state index is 2.44. The highest BCUT2D eigenvalue weighted by Gasteiger charge is 2.31. The van der Waals surface area contributed by atoms with Crippen molar-refractivity contribution in [3.8, 4) is 11.3 Å². The third-order valence-electron chi connectivity index (χ3n) is 7.44. The molecule has 0 unspecified atom stereocenters. The lowest BCUT2D eigenvalue weighted by atomic mass is 9.86. The van der Waals surface area contributed by atoms with Crippen molar-refractivity contribution in [1.82, 2.24) is 0 Å². The predicted octanol–water partition coefficient (Wildman–Crippen LogP) is 8.62. The summed E-state index contributed by atoms with van der Waals surface area (Å²) in [5, 5.41) is 8.27. The largest absolute Gasteiger partial charge is 0.222 e. The van der Waals surface area contributed by atoms with Gasteiger partial charge in [0.2, 0.25) is 5.69 Å². The zero-order chi connectivity index (χ0) is 23.9. The molecular weight excluding hydrogens is 430 g/mol. The minimum absolute atomic E-state index is 0.273. The van der Waals surface area contributed by atoms with Crippen molar-refractivity contribution in [3.05, 3.63) is 77.0 Å². The number of rotatable bonds is 1. The van der Waals surface area contributed by atoms with E-state index in [1.165, 1.54) is 75.6 Å². The molecule has 170 valence electrons. The van der Waals surface area contributed by atoms with E-state index >= 15 is 0 Å². The molecule has 2 heterocycles. The minimum Gasteiger partial charge on any atom is -0.200 e. The molecule has 0 bridgehead atoms. The molecule has 0 N–H and O–H groups in total. The van der Waals surface area contributed by atoms with Crippen molar-refractivity contribution in [2.45, 2.75) is 57.8 Å². The Morgan fingerprint density at radius 2 is 1.62 bits per heavy atom. The zero-order valence-corrected chi connectivity index (χ0v) is 22.1. The van der Waals surface area contributed by atoms with Crippen LogP contribution in [0.3, 0.4) is 0 Å².